The normalized spacial score (nSPS) is 11.0. The van der Waals surface area contributed by atoms with Crippen molar-refractivity contribution in [3.8, 4) is 0 Å². The van der Waals surface area contributed by atoms with Crippen molar-refractivity contribution in [3.63, 3.8) is 0 Å². The highest BCUT2D eigenvalue weighted by Crippen LogP contribution is 2.25. The average molecular weight is 255 g/mol. The Morgan fingerprint density at radius 2 is 2.36 bits per heavy atom. The van der Waals surface area contributed by atoms with Crippen LogP contribution in [-0.4, -0.2) is 18.7 Å². The van der Waals surface area contributed by atoms with E-state index < -0.39 is 0 Å². The van der Waals surface area contributed by atoms with Gasteiger partial charge in [-0.2, -0.15) is 0 Å². The quantitative estimate of drug-likeness (QED) is 0.914. The van der Waals surface area contributed by atoms with Crippen molar-refractivity contribution in [2.75, 3.05) is 13.6 Å². The fourth-order valence-corrected chi connectivity index (χ4v) is 1.84. The monoisotopic (exact) mass is 254 g/mol. The largest absolute Gasteiger partial charge is 0.360 e. The summed E-state index contributed by atoms with van der Waals surface area (Å²) in [4.78, 5) is 0. The number of halogens is 1. The smallest absolute Gasteiger partial charge is 0.145 e. The van der Waals surface area contributed by atoms with E-state index in [4.69, 9.17) is 4.52 Å². The highest BCUT2D eigenvalue weighted by atomic mass is 79.9. The van der Waals surface area contributed by atoms with Gasteiger partial charge in [0.25, 0.3) is 0 Å². The molecule has 0 aliphatic carbocycles. The summed E-state index contributed by atoms with van der Waals surface area (Å²) in [5, 5.41) is 8.20. The van der Waals surface area contributed by atoms with Crippen LogP contribution in [0.3, 0.4) is 0 Å². The van der Waals surface area contributed by atoms with Gasteiger partial charge in [0.15, 0.2) is 0 Å². The lowest BCUT2D eigenvalue weighted by atomic mass is 10.2. The minimum absolute atomic E-state index is 0.865. The Bertz CT molecular complexity index is 439. The zero-order chi connectivity index (χ0) is 9.97. The van der Waals surface area contributed by atoms with Gasteiger partial charge in [-0.05, 0) is 35.1 Å². The third-order valence-corrected chi connectivity index (χ3v) is 2.78. The molecule has 14 heavy (non-hydrogen) atoms. The zero-order valence-corrected chi connectivity index (χ0v) is 9.47. The molecule has 0 saturated heterocycles. The molecule has 0 fully saturated rings. The van der Waals surface area contributed by atoms with E-state index in [1.807, 2.05) is 25.2 Å². The Morgan fingerprint density at radius 1 is 1.50 bits per heavy atom. The number of aromatic nitrogens is 1. The topological polar surface area (TPSA) is 38.1 Å². The maximum atomic E-state index is 5.28. The summed E-state index contributed by atoms with van der Waals surface area (Å²) in [5.74, 6) is 0.940. The highest BCUT2D eigenvalue weighted by molar-refractivity contribution is 9.10. The molecule has 1 aromatic heterocycles. The van der Waals surface area contributed by atoms with Crippen molar-refractivity contribution >= 4 is 26.8 Å². The third kappa shape index (κ3) is 1.67. The molecule has 0 amide bonds. The van der Waals surface area contributed by atoms with Crippen molar-refractivity contribution < 1.29 is 4.52 Å². The van der Waals surface area contributed by atoms with E-state index in [0.717, 1.165) is 34.1 Å². The van der Waals surface area contributed by atoms with E-state index in [9.17, 15) is 0 Å². The van der Waals surface area contributed by atoms with E-state index in [1.54, 1.807) is 0 Å². The first-order valence-corrected chi connectivity index (χ1v) is 5.29. The Hall–Kier alpha value is -0.870. The second-order valence-electron chi connectivity index (χ2n) is 3.10. The van der Waals surface area contributed by atoms with Crippen molar-refractivity contribution in [3.05, 3.63) is 28.4 Å². The van der Waals surface area contributed by atoms with Gasteiger partial charge in [-0.3, -0.25) is 0 Å². The van der Waals surface area contributed by atoms with E-state index in [1.165, 1.54) is 0 Å². The Morgan fingerprint density at radius 3 is 3.14 bits per heavy atom. The molecule has 0 aliphatic heterocycles. The van der Waals surface area contributed by atoms with Crippen molar-refractivity contribution in [1.82, 2.24) is 10.5 Å². The predicted molar refractivity (Wildman–Crippen MR) is 59.3 cm³/mol. The van der Waals surface area contributed by atoms with Crippen LogP contribution in [0.25, 0.3) is 10.9 Å². The highest BCUT2D eigenvalue weighted by Gasteiger charge is 2.09. The van der Waals surface area contributed by atoms with E-state index >= 15 is 0 Å². The number of nitrogens with one attached hydrogen (secondary N) is 1. The minimum atomic E-state index is 0.865. The second kappa shape index (κ2) is 4.11. The maximum Gasteiger partial charge on any atom is 0.145 e. The molecule has 3 nitrogen and oxygen atoms in total. The molecular formula is C10H11BrN2O. The van der Waals surface area contributed by atoms with Crippen LogP contribution in [0.5, 0.6) is 0 Å². The number of benzene rings is 1. The minimum Gasteiger partial charge on any atom is -0.360 e. The molecule has 0 radical (unpaired) electrons. The predicted octanol–water partition coefficient (Wildman–Crippen LogP) is 2.35. The van der Waals surface area contributed by atoms with Crippen LogP contribution >= 0.6 is 15.9 Å². The SMILES string of the molecule is CNCCc1onc2c(Br)cccc12. The van der Waals surface area contributed by atoms with Gasteiger partial charge >= 0.3 is 0 Å². The van der Waals surface area contributed by atoms with Crippen LogP contribution in [0.1, 0.15) is 5.76 Å². The Balaban J connectivity index is 2.42. The molecule has 2 aromatic rings. The van der Waals surface area contributed by atoms with Crippen LogP contribution in [0.15, 0.2) is 27.2 Å². The van der Waals surface area contributed by atoms with Gasteiger partial charge in [-0.15, -0.1) is 0 Å². The summed E-state index contributed by atoms with van der Waals surface area (Å²) < 4.78 is 6.26. The van der Waals surface area contributed by atoms with Gasteiger partial charge in [0.05, 0.1) is 0 Å². The fraction of sp³-hybridized carbons (Fsp3) is 0.300. The lowest BCUT2D eigenvalue weighted by molar-refractivity contribution is 0.389. The number of nitrogens with zero attached hydrogens (tertiary/aromatic N) is 1. The van der Waals surface area contributed by atoms with Crippen molar-refractivity contribution in [2.45, 2.75) is 6.42 Å². The first-order valence-electron chi connectivity index (χ1n) is 4.50. The lowest BCUT2D eigenvalue weighted by Crippen LogP contribution is -2.09. The first-order chi connectivity index (χ1) is 6.83. The van der Waals surface area contributed by atoms with Gasteiger partial charge in [-0.1, -0.05) is 11.2 Å². The molecule has 0 saturated carbocycles. The molecule has 0 aliphatic rings. The molecule has 0 bridgehead atoms. The average Bonchev–Trinajstić information content (AvgIpc) is 2.60. The second-order valence-corrected chi connectivity index (χ2v) is 3.95. The van der Waals surface area contributed by atoms with Gasteiger partial charge < -0.3 is 9.84 Å². The number of hydrogen-bond acceptors (Lipinski definition) is 3. The van der Waals surface area contributed by atoms with Crippen LogP contribution in [0, 0.1) is 0 Å². The van der Waals surface area contributed by atoms with Gasteiger partial charge in [0.2, 0.25) is 0 Å². The fourth-order valence-electron chi connectivity index (χ4n) is 1.40. The summed E-state index contributed by atoms with van der Waals surface area (Å²) in [6, 6.07) is 5.99. The van der Waals surface area contributed by atoms with Gasteiger partial charge in [0.1, 0.15) is 11.3 Å². The van der Waals surface area contributed by atoms with Crippen LogP contribution in [0.2, 0.25) is 0 Å². The Labute approximate surface area is 90.6 Å². The summed E-state index contributed by atoms with van der Waals surface area (Å²) in [6.45, 7) is 0.900. The molecule has 1 N–H and O–H groups in total. The standard InChI is InChI=1S/C10H11BrN2O/c1-12-6-5-9-7-3-2-4-8(11)10(7)13-14-9/h2-4,12H,5-6H2,1H3. The van der Waals surface area contributed by atoms with Crippen molar-refractivity contribution in [1.29, 1.82) is 0 Å². The molecule has 1 aromatic carbocycles. The molecule has 0 spiro atoms. The summed E-state index contributed by atoms with van der Waals surface area (Å²) in [6.07, 6.45) is 0.865. The molecule has 74 valence electrons. The van der Waals surface area contributed by atoms with Gasteiger partial charge in [0, 0.05) is 22.8 Å². The van der Waals surface area contributed by atoms with Crippen LogP contribution in [0.4, 0.5) is 0 Å². The number of rotatable bonds is 3. The molecule has 1 heterocycles. The molecule has 0 unspecified atom stereocenters. The maximum absolute atomic E-state index is 5.28. The number of likely N-dealkylation sites (N-methyl/N-ethyl adjacent to an activating group) is 1. The lowest BCUT2D eigenvalue weighted by Gasteiger charge is -1.95. The molecule has 0 atom stereocenters. The van der Waals surface area contributed by atoms with E-state index in [0.29, 0.717) is 0 Å². The molecule has 4 heteroatoms. The zero-order valence-electron chi connectivity index (χ0n) is 7.88. The summed E-state index contributed by atoms with van der Waals surface area (Å²) in [5.41, 5.74) is 0.901. The van der Waals surface area contributed by atoms with Crippen LogP contribution in [-0.2, 0) is 6.42 Å². The van der Waals surface area contributed by atoms with Crippen LogP contribution < -0.4 is 5.32 Å². The number of fused-ring (bicyclic) bond motifs is 1. The third-order valence-electron chi connectivity index (χ3n) is 2.14. The first kappa shape index (κ1) is 9.68. The Kier molecular flexibility index (Phi) is 2.84. The van der Waals surface area contributed by atoms with E-state index in [-0.39, 0.29) is 0 Å². The van der Waals surface area contributed by atoms with Gasteiger partial charge in [-0.25, -0.2) is 0 Å². The molecular weight excluding hydrogens is 244 g/mol. The summed E-state index contributed by atoms with van der Waals surface area (Å²) >= 11 is 3.44. The van der Waals surface area contributed by atoms with E-state index in [2.05, 4.69) is 26.4 Å². The summed E-state index contributed by atoms with van der Waals surface area (Å²) in [7, 11) is 1.93. The van der Waals surface area contributed by atoms with Crippen molar-refractivity contribution in [2.24, 2.45) is 0 Å². The molecule has 2 rings (SSSR count). The number of hydrogen-bond donors (Lipinski definition) is 1.